The lowest BCUT2D eigenvalue weighted by atomic mass is 9.87. The van der Waals surface area contributed by atoms with Crippen LogP contribution in [0.2, 0.25) is 0 Å². The molecule has 0 amide bonds. The van der Waals surface area contributed by atoms with Crippen molar-refractivity contribution in [2.45, 2.75) is 51.7 Å². The van der Waals surface area contributed by atoms with E-state index in [4.69, 9.17) is 4.42 Å². The van der Waals surface area contributed by atoms with E-state index in [0.717, 1.165) is 32.4 Å². The van der Waals surface area contributed by atoms with Gasteiger partial charge in [-0.25, -0.2) is 8.78 Å². The number of aromatic nitrogens is 3. The molecule has 8 heteroatoms. The fourth-order valence-corrected chi connectivity index (χ4v) is 6.02. The number of halogens is 2. The van der Waals surface area contributed by atoms with Crippen molar-refractivity contribution in [3.63, 3.8) is 0 Å². The molecule has 2 atom stereocenters. The van der Waals surface area contributed by atoms with Gasteiger partial charge in [-0.1, -0.05) is 25.1 Å². The summed E-state index contributed by atoms with van der Waals surface area (Å²) in [7, 11) is 1.73. The summed E-state index contributed by atoms with van der Waals surface area (Å²) in [5.41, 5.74) is 0.324. The lowest BCUT2D eigenvalue weighted by Crippen LogP contribution is -2.34. The molecule has 0 bridgehead atoms. The molecule has 2 fully saturated rings. The van der Waals surface area contributed by atoms with Gasteiger partial charge in [-0.2, -0.15) is 0 Å². The second kappa shape index (κ2) is 9.42. The van der Waals surface area contributed by atoms with Crippen molar-refractivity contribution in [3.8, 4) is 11.1 Å². The molecule has 6 nitrogen and oxygen atoms in total. The second-order valence-electron chi connectivity index (χ2n) is 11.1. The summed E-state index contributed by atoms with van der Waals surface area (Å²) in [6.07, 6.45) is 6.64. The van der Waals surface area contributed by atoms with Crippen LogP contribution in [-0.4, -0.2) is 32.8 Å². The first-order chi connectivity index (χ1) is 18.3. The van der Waals surface area contributed by atoms with Gasteiger partial charge < -0.3 is 8.98 Å². The predicted octanol–water partition coefficient (Wildman–Crippen LogP) is 5.89. The smallest absolute Gasteiger partial charge is 0.200 e. The minimum Gasteiger partial charge on any atom is -0.463 e. The molecule has 2 aromatic carbocycles. The first-order valence-corrected chi connectivity index (χ1v) is 13.4. The summed E-state index contributed by atoms with van der Waals surface area (Å²) in [4.78, 5) is 16.0. The molecule has 198 valence electrons. The molecule has 3 heterocycles. The number of likely N-dealkylation sites (tertiary alicyclic amines) is 1. The standard InChI is InChI=1S/C30H32F2N4O2/c1-18-6-5-11-36(14-18)15-21-13-24-27(37)25(16-38-28(24)19(2)26(21)31)20-7-4-8-23(12-20)30(32,22-9-10-22)29-34-33-17-35(29)3/h4,7-8,12-13,16-18,22H,5-6,9-11,14-15H2,1-3H3/t18-,30?/m0/s1. The third kappa shape index (κ3) is 4.15. The van der Waals surface area contributed by atoms with E-state index in [1.165, 1.54) is 19.0 Å². The molecule has 1 aliphatic carbocycles. The Labute approximate surface area is 220 Å². The van der Waals surface area contributed by atoms with Gasteiger partial charge in [0.05, 0.1) is 10.9 Å². The SMILES string of the molecule is Cc1c(F)c(CN2CCC[C@H](C)C2)cc2c(=O)c(-c3cccc(C(F)(c4nncn4C)C4CC4)c3)coc12. The second-order valence-corrected chi connectivity index (χ2v) is 11.1. The Morgan fingerprint density at radius 1 is 1.21 bits per heavy atom. The van der Waals surface area contributed by atoms with Crippen LogP contribution in [0.4, 0.5) is 8.78 Å². The first kappa shape index (κ1) is 24.9. The third-order valence-electron chi connectivity index (χ3n) is 8.20. The van der Waals surface area contributed by atoms with E-state index in [2.05, 4.69) is 22.0 Å². The fraction of sp³-hybridized carbons (Fsp3) is 0.433. The van der Waals surface area contributed by atoms with Gasteiger partial charge >= 0.3 is 0 Å². The van der Waals surface area contributed by atoms with E-state index < -0.39 is 5.67 Å². The van der Waals surface area contributed by atoms with Crippen LogP contribution >= 0.6 is 0 Å². The number of aryl methyl sites for hydroxylation is 2. The van der Waals surface area contributed by atoms with E-state index in [1.807, 2.05) is 0 Å². The van der Waals surface area contributed by atoms with Crippen molar-refractivity contribution in [1.82, 2.24) is 19.7 Å². The Morgan fingerprint density at radius 2 is 2.03 bits per heavy atom. The molecule has 0 radical (unpaired) electrons. The van der Waals surface area contributed by atoms with E-state index >= 15 is 8.78 Å². The highest BCUT2D eigenvalue weighted by Crippen LogP contribution is 2.52. The fourth-order valence-electron chi connectivity index (χ4n) is 6.02. The maximum absolute atomic E-state index is 16.7. The third-order valence-corrected chi connectivity index (χ3v) is 8.20. The van der Waals surface area contributed by atoms with Gasteiger partial charge in [0.1, 0.15) is 24.0 Å². The number of hydrogen-bond donors (Lipinski definition) is 0. The van der Waals surface area contributed by atoms with Crippen molar-refractivity contribution in [1.29, 1.82) is 0 Å². The van der Waals surface area contributed by atoms with Crippen molar-refractivity contribution in [3.05, 3.63) is 81.5 Å². The van der Waals surface area contributed by atoms with Gasteiger partial charge in [0.2, 0.25) is 5.43 Å². The molecule has 4 aromatic rings. The predicted molar refractivity (Wildman–Crippen MR) is 142 cm³/mol. The van der Waals surface area contributed by atoms with E-state index in [9.17, 15) is 4.79 Å². The number of fused-ring (bicyclic) bond motifs is 1. The van der Waals surface area contributed by atoms with E-state index in [-0.39, 0.29) is 28.6 Å². The zero-order chi connectivity index (χ0) is 26.6. The number of benzene rings is 2. The van der Waals surface area contributed by atoms with Crippen LogP contribution in [0.5, 0.6) is 0 Å². The average molecular weight is 519 g/mol. The monoisotopic (exact) mass is 518 g/mol. The summed E-state index contributed by atoms with van der Waals surface area (Å²) in [6.45, 7) is 6.14. The highest BCUT2D eigenvalue weighted by atomic mass is 19.1. The van der Waals surface area contributed by atoms with Crippen molar-refractivity contribution in [2.24, 2.45) is 18.9 Å². The number of piperidine rings is 1. The van der Waals surface area contributed by atoms with Crippen LogP contribution in [0.3, 0.4) is 0 Å². The van der Waals surface area contributed by atoms with Crippen LogP contribution in [0.1, 0.15) is 55.1 Å². The number of alkyl halides is 1. The molecule has 1 saturated heterocycles. The lowest BCUT2D eigenvalue weighted by Gasteiger charge is -2.31. The van der Waals surface area contributed by atoms with Gasteiger partial charge in [0, 0.05) is 37.2 Å². The zero-order valence-corrected chi connectivity index (χ0v) is 22.0. The Bertz CT molecular complexity index is 1570. The average Bonchev–Trinajstić information content (AvgIpc) is 3.68. The molecule has 0 N–H and O–H groups in total. The lowest BCUT2D eigenvalue weighted by molar-refractivity contribution is 0.168. The molecule has 1 saturated carbocycles. The molecular formula is C30H32F2N4O2. The summed E-state index contributed by atoms with van der Waals surface area (Å²) in [5.74, 6) is 0.297. The van der Waals surface area contributed by atoms with Crippen LogP contribution in [0.15, 0.2) is 52.1 Å². The van der Waals surface area contributed by atoms with Crippen LogP contribution < -0.4 is 5.43 Å². The highest BCUT2D eigenvalue weighted by Gasteiger charge is 2.51. The van der Waals surface area contributed by atoms with Crippen molar-refractivity contribution < 1.29 is 13.2 Å². The highest BCUT2D eigenvalue weighted by molar-refractivity contribution is 5.85. The van der Waals surface area contributed by atoms with Gasteiger partial charge in [0.15, 0.2) is 11.5 Å². The molecule has 2 aliphatic rings. The number of rotatable bonds is 6. The minimum absolute atomic E-state index is 0.195. The van der Waals surface area contributed by atoms with Gasteiger partial charge in [-0.05, 0) is 68.3 Å². The van der Waals surface area contributed by atoms with Gasteiger partial charge in [-0.3, -0.25) is 9.69 Å². The van der Waals surface area contributed by atoms with Crippen LogP contribution in [0, 0.1) is 24.6 Å². The van der Waals surface area contributed by atoms with Crippen LogP contribution in [-0.2, 0) is 19.3 Å². The number of nitrogens with zero attached hydrogens (tertiary/aromatic N) is 4. The van der Waals surface area contributed by atoms with Crippen LogP contribution in [0.25, 0.3) is 22.1 Å². The van der Waals surface area contributed by atoms with Gasteiger partial charge in [0.25, 0.3) is 0 Å². The largest absolute Gasteiger partial charge is 0.463 e. The summed E-state index contributed by atoms with van der Waals surface area (Å²) < 4.78 is 39.5. The minimum atomic E-state index is -1.81. The molecule has 38 heavy (non-hydrogen) atoms. The summed E-state index contributed by atoms with van der Waals surface area (Å²) >= 11 is 0. The molecule has 6 rings (SSSR count). The zero-order valence-electron chi connectivity index (χ0n) is 22.0. The van der Waals surface area contributed by atoms with Crippen molar-refractivity contribution in [2.75, 3.05) is 13.1 Å². The Kier molecular flexibility index (Phi) is 6.17. The summed E-state index contributed by atoms with van der Waals surface area (Å²) in [6, 6.07) is 8.60. The quantitative estimate of drug-likeness (QED) is 0.318. The van der Waals surface area contributed by atoms with E-state index in [1.54, 1.807) is 48.9 Å². The Morgan fingerprint density at radius 3 is 2.74 bits per heavy atom. The topological polar surface area (TPSA) is 64.2 Å². The Hall–Kier alpha value is -3.39. The maximum Gasteiger partial charge on any atom is 0.200 e. The molecule has 2 aromatic heterocycles. The molecule has 1 aliphatic heterocycles. The van der Waals surface area contributed by atoms with Crippen molar-refractivity contribution >= 4 is 11.0 Å². The van der Waals surface area contributed by atoms with Gasteiger partial charge in [-0.15, -0.1) is 10.2 Å². The molecule has 1 unspecified atom stereocenters. The van der Waals surface area contributed by atoms with E-state index in [0.29, 0.717) is 45.7 Å². The normalized spacial score (nSPS) is 20.1. The molecule has 0 spiro atoms. The molecular weight excluding hydrogens is 486 g/mol. The maximum atomic E-state index is 16.7. The summed E-state index contributed by atoms with van der Waals surface area (Å²) in [5, 5.41) is 8.32. The Balaban J connectivity index is 1.43. The number of hydrogen-bond acceptors (Lipinski definition) is 5. The first-order valence-electron chi connectivity index (χ1n) is 13.4.